The van der Waals surface area contributed by atoms with Crippen molar-refractivity contribution in [2.45, 2.75) is 39.4 Å². The molecule has 0 aromatic carbocycles. The van der Waals surface area contributed by atoms with Crippen molar-refractivity contribution >= 4 is 11.7 Å². The Labute approximate surface area is 152 Å². The number of pyridine rings is 1. The molecule has 7 nitrogen and oxygen atoms in total. The highest BCUT2D eigenvalue weighted by atomic mass is 19.4. The van der Waals surface area contributed by atoms with Crippen LogP contribution in [0.5, 0.6) is 0 Å². The molecule has 3 rings (SSSR count). The summed E-state index contributed by atoms with van der Waals surface area (Å²) in [6, 6.07) is 3.35. The van der Waals surface area contributed by atoms with E-state index in [1.54, 1.807) is 38.4 Å². The summed E-state index contributed by atoms with van der Waals surface area (Å²) in [7, 11) is 0. The van der Waals surface area contributed by atoms with Gasteiger partial charge in [0.25, 0.3) is 11.6 Å². The monoisotopic (exact) mass is 378 g/mol. The van der Waals surface area contributed by atoms with Gasteiger partial charge in [-0.15, -0.1) is 5.10 Å². The molecule has 142 valence electrons. The van der Waals surface area contributed by atoms with Crippen molar-refractivity contribution in [3.8, 4) is 0 Å². The molecule has 0 aliphatic rings. The highest BCUT2D eigenvalue weighted by molar-refractivity contribution is 5.79. The van der Waals surface area contributed by atoms with Crippen LogP contribution in [0.2, 0.25) is 0 Å². The number of carbonyl (C=O) groups is 1. The van der Waals surface area contributed by atoms with Gasteiger partial charge in [0.1, 0.15) is 0 Å². The van der Waals surface area contributed by atoms with Gasteiger partial charge < -0.3 is 5.32 Å². The Balaban J connectivity index is 1.85. The van der Waals surface area contributed by atoms with Gasteiger partial charge in [-0.3, -0.25) is 9.78 Å². The van der Waals surface area contributed by atoms with Gasteiger partial charge in [-0.25, -0.2) is 9.50 Å². The molecule has 0 spiro atoms. The molecule has 1 unspecified atom stereocenters. The molecule has 10 heteroatoms. The van der Waals surface area contributed by atoms with Crippen molar-refractivity contribution in [3.05, 3.63) is 52.9 Å². The van der Waals surface area contributed by atoms with Gasteiger partial charge in [0, 0.05) is 29.3 Å². The number of aromatic nitrogens is 5. The first-order chi connectivity index (χ1) is 12.7. The molecular weight excluding hydrogens is 361 g/mol. The molecule has 3 heterocycles. The summed E-state index contributed by atoms with van der Waals surface area (Å²) in [4.78, 5) is 23.8. The lowest BCUT2D eigenvalue weighted by Gasteiger charge is -2.15. The molecule has 0 aliphatic heterocycles. The van der Waals surface area contributed by atoms with Gasteiger partial charge in [0.2, 0.25) is 5.91 Å². The van der Waals surface area contributed by atoms with E-state index in [4.69, 9.17) is 0 Å². The fraction of sp³-hybridized carbons (Fsp3) is 0.353. The lowest BCUT2D eigenvalue weighted by molar-refractivity contribution is -0.144. The molecule has 27 heavy (non-hydrogen) atoms. The van der Waals surface area contributed by atoms with Gasteiger partial charge in [-0.2, -0.15) is 18.2 Å². The van der Waals surface area contributed by atoms with E-state index in [9.17, 15) is 18.0 Å². The van der Waals surface area contributed by atoms with Gasteiger partial charge in [0.05, 0.1) is 12.5 Å². The number of fused-ring (bicyclic) bond motifs is 1. The molecule has 0 radical (unpaired) electrons. The normalized spacial score (nSPS) is 13.0. The van der Waals surface area contributed by atoms with Crippen LogP contribution in [0.25, 0.3) is 5.78 Å². The van der Waals surface area contributed by atoms with E-state index in [0.717, 1.165) is 10.1 Å². The highest BCUT2D eigenvalue weighted by Crippen LogP contribution is 2.27. The minimum atomic E-state index is -4.66. The third-order valence-electron chi connectivity index (χ3n) is 4.22. The second kappa shape index (κ2) is 6.93. The van der Waals surface area contributed by atoms with Crippen LogP contribution >= 0.6 is 0 Å². The molecule has 0 saturated carbocycles. The van der Waals surface area contributed by atoms with Crippen molar-refractivity contribution < 1.29 is 18.0 Å². The average Bonchev–Trinajstić information content (AvgIpc) is 3.04. The Kier molecular flexibility index (Phi) is 4.81. The number of nitrogens with one attached hydrogen (secondary N) is 1. The lowest BCUT2D eigenvalue weighted by Crippen LogP contribution is -2.29. The van der Waals surface area contributed by atoms with E-state index in [-0.39, 0.29) is 24.1 Å². The molecular formula is C17H17F3N6O. The topological polar surface area (TPSA) is 85.1 Å². The van der Waals surface area contributed by atoms with Crippen LogP contribution in [0, 0.1) is 13.8 Å². The maximum absolute atomic E-state index is 12.8. The molecule has 0 aliphatic carbocycles. The van der Waals surface area contributed by atoms with E-state index in [2.05, 4.69) is 25.4 Å². The zero-order chi connectivity index (χ0) is 19.8. The standard InChI is InChI=1S/C17H17F3N6O/c1-9(12-4-6-21-7-5-12)22-14(27)8-13-10(2)23-16-24-15(17(18,19)20)25-26(16)11(13)3/h4-7,9H,8H2,1-3H3,(H,22,27). The summed E-state index contributed by atoms with van der Waals surface area (Å²) in [5.74, 6) is -1.68. The summed E-state index contributed by atoms with van der Waals surface area (Å²) in [5.41, 5.74) is 2.24. The van der Waals surface area contributed by atoms with Crippen LogP contribution in [-0.4, -0.2) is 30.5 Å². The van der Waals surface area contributed by atoms with E-state index in [0.29, 0.717) is 17.0 Å². The van der Waals surface area contributed by atoms with Crippen molar-refractivity contribution in [2.24, 2.45) is 0 Å². The second-order valence-corrected chi connectivity index (χ2v) is 6.15. The molecule has 0 saturated heterocycles. The van der Waals surface area contributed by atoms with E-state index >= 15 is 0 Å². The summed E-state index contributed by atoms with van der Waals surface area (Å²) in [6.07, 6.45) is -1.43. The fourth-order valence-corrected chi connectivity index (χ4v) is 2.77. The second-order valence-electron chi connectivity index (χ2n) is 6.15. The van der Waals surface area contributed by atoms with Crippen molar-refractivity contribution in [2.75, 3.05) is 0 Å². The third kappa shape index (κ3) is 3.88. The largest absolute Gasteiger partial charge is 0.453 e. The molecule has 0 bridgehead atoms. The number of aryl methyl sites for hydroxylation is 2. The first-order valence-electron chi connectivity index (χ1n) is 8.16. The van der Waals surface area contributed by atoms with Crippen LogP contribution in [0.4, 0.5) is 13.2 Å². The molecule has 1 atom stereocenters. The van der Waals surface area contributed by atoms with Gasteiger partial charge >= 0.3 is 6.18 Å². The van der Waals surface area contributed by atoms with Crippen LogP contribution in [-0.2, 0) is 17.4 Å². The molecule has 0 fully saturated rings. The predicted molar refractivity (Wildman–Crippen MR) is 89.8 cm³/mol. The minimum absolute atomic E-state index is 0.0305. The van der Waals surface area contributed by atoms with Gasteiger partial charge in [0.15, 0.2) is 0 Å². The Morgan fingerprint density at radius 3 is 2.52 bits per heavy atom. The van der Waals surface area contributed by atoms with Crippen molar-refractivity contribution in [1.82, 2.24) is 29.9 Å². The number of hydrogen-bond acceptors (Lipinski definition) is 5. The summed E-state index contributed by atoms with van der Waals surface area (Å²) in [5, 5.41) is 6.34. The fourth-order valence-electron chi connectivity index (χ4n) is 2.77. The Bertz CT molecular complexity index is 984. The minimum Gasteiger partial charge on any atom is -0.349 e. The molecule has 1 N–H and O–H groups in total. The zero-order valence-electron chi connectivity index (χ0n) is 14.9. The van der Waals surface area contributed by atoms with Crippen LogP contribution in [0.1, 0.15) is 41.3 Å². The summed E-state index contributed by atoms with van der Waals surface area (Å²) < 4.78 is 39.5. The SMILES string of the molecule is Cc1nc2nc(C(F)(F)F)nn2c(C)c1CC(=O)NC(C)c1ccncc1. The molecule has 3 aromatic rings. The quantitative estimate of drug-likeness (QED) is 0.754. The Morgan fingerprint density at radius 1 is 1.22 bits per heavy atom. The molecule has 3 aromatic heterocycles. The maximum atomic E-state index is 12.8. The lowest BCUT2D eigenvalue weighted by atomic mass is 10.1. The number of amides is 1. The van der Waals surface area contributed by atoms with Crippen molar-refractivity contribution in [1.29, 1.82) is 0 Å². The highest BCUT2D eigenvalue weighted by Gasteiger charge is 2.37. The summed E-state index contributed by atoms with van der Waals surface area (Å²) in [6.45, 7) is 5.05. The van der Waals surface area contributed by atoms with Crippen molar-refractivity contribution in [3.63, 3.8) is 0 Å². The first-order valence-corrected chi connectivity index (χ1v) is 8.16. The number of halogens is 3. The Hall–Kier alpha value is -3.04. The maximum Gasteiger partial charge on any atom is 0.453 e. The third-order valence-corrected chi connectivity index (χ3v) is 4.22. The average molecular weight is 378 g/mol. The Morgan fingerprint density at radius 2 is 1.89 bits per heavy atom. The zero-order valence-corrected chi connectivity index (χ0v) is 14.9. The first kappa shape index (κ1) is 18.7. The van der Waals surface area contributed by atoms with Crippen LogP contribution in [0.15, 0.2) is 24.5 Å². The van der Waals surface area contributed by atoms with Gasteiger partial charge in [-0.05, 0) is 38.5 Å². The van der Waals surface area contributed by atoms with E-state index in [1.165, 1.54) is 0 Å². The van der Waals surface area contributed by atoms with E-state index < -0.39 is 12.0 Å². The van der Waals surface area contributed by atoms with Crippen LogP contribution in [0.3, 0.4) is 0 Å². The number of rotatable bonds is 4. The number of alkyl halides is 3. The number of hydrogen-bond donors (Lipinski definition) is 1. The molecule has 1 amide bonds. The van der Waals surface area contributed by atoms with E-state index in [1.807, 2.05) is 6.92 Å². The number of carbonyl (C=O) groups excluding carboxylic acids is 1. The van der Waals surface area contributed by atoms with Gasteiger partial charge in [-0.1, -0.05) is 0 Å². The number of nitrogens with zero attached hydrogens (tertiary/aromatic N) is 5. The van der Waals surface area contributed by atoms with Crippen LogP contribution < -0.4 is 5.32 Å². The smallest absolute Gasteiger partial charge is 0.349 e. The summed E-state index contributed by atoms with van der Waals surface area (Å²) >= 11 is 0. The predicted octanol–water partition coefficient (Wildman–Crippen LogP) is 2.57.